The van der Waals surface area contributed by atoms with Crippen molar-refractivity contribution in [2.45, 2.75) is 46.0 Å². The maximum atomic E-state index is 4.69. The first kappa shape index (κ1) is 10.5. The van der Waals surface area contributed by atoms with E-state index in [0.717, 1.165) is 18.7 Å². The first-order valence-corrected chi connectivity index (χ1v) is 6.17. The highest BCUT2D eigenvalue weighted by molar-refractivity contribution is 5.45. The molecule has 2 heterocycles. The Morgan fingerprint density at radius 3 is 2.47 bits per heavy atom. The molecule has 15 heavy (non-hydrogen) atoms. The van der Waals surface area contributed by atoms with Crippen molar-refractivity contribution < 1.29 is 0 Å². The Labute approximate surface area is 91.9 Å². The lowest BCUT2D eigenvalue weighted by atomic mass is 10.1. The zero-order valence-corrected chi connectivity index (χ0v) is 9.84. The van der Waals surface area contributed by atoms with Gasteiger partial charge in [0.05, 0.1) is 5.69 Å². The largest absolute Gasteiger partial charge is 0.355 e. The smallest absolute Gasteiger partial charge is 0.150 e. The van der Waals surface area contributed by atoms with E-state index in [-0.39, 0.29) is 0 Å². The monoisotopic (exact) mass is 207 g/mol. The third-order valence-corrected chi connectivity index (χ3v) is 3.15. The number of piperidine rings is 1. The Kier molecular flexibility index (Phi) is 3.29. The molecular weight excluding hydrogens is 186 g/mol. The molecule has 0 aliphatic carbocycles. The number of aromatic amines is 1. The topological polar surface area (TPSA) is 31.9 Å². The van der Waals surface area contributed by atoms with Crippen molar-refractivity contribution in [3.05, 3.63) is 11.5 Å². The van der Waals surface area contributed by atoms with Gasteiger partial charge in [-0.05, 0) is 25.7 Å². The van der Waals surface area contributed by atoms with Crippen molar-refractivity contribution in [1.29, 1.82) is 0 Å². The van der Waals surface area contributed by atoms with E-state index in [1.165, 1.54) is 43.9 Å². The molecule has 84 valence electrons. The molecule has 1 aromatic rings. The van der Waals surface area contributed by atoms with Crippen molar-refractivity contribution in [3.8, 4) is 0 Å². The van der Waals surface area contributed by atoms with Gasteiger partial charge in [-0.15, -0.1) is 0 Å². The summed E-state index contributed by atoms with van der Waals surface area (Å²) in [5.74, 6) is 2.35. The minimum Gasteiger partial charge on any atom is -0.355 e. The number of aromatic nitrogens is 2. The second-order valence-electron chi connectivity index (χ2n) is 4.24. The third kappa shape index (κ3) is 2.16. The standard InChI is InChI=1S/C12H21N3/c1-3-10-12(14-11(4-2)13-10)15-8-6-5-7-9-15/h3-9H2,1-2H3,(H,13,14). The van der Waals surface area contributed by atoms with E-state index in [0.29, 0.717) is 0 Å². The molecule has 3 nitrogen and oxygen atoms in total. The van der Waals surface area contributed by atoms with E-state index in [9.17, 15) is 0 Å². The van der Waals surface area contributed by atoms with Crippen LogP contribution < -0.4 is 4.90 Å². The molecule has 0 unspecified atom stereocenters. The van der Waals surface area contributed by atoms with Gasteiger partial charge >= 0.3 is 0 Å². The SMILES string of the molecule is CCc1nc(N2CCCCC2)c(CC)[nH]1. The molecule has 0 spiro atoms. The van der Waals surface area contributed by atoms with Crippen molar-refractivity contribution >= 4 is 5.82 Å². The van der Waals surface area contributed by atoms with Gasteiger partial charge in [0, 0.05) is 19.5 Å². The van der Waals surface area contributed by atoms with Gasteiger partial charge in [0.1, 0.15) is 11.6 Å². The molecule has 2 rings (SSSR count). The Bertz CT molecular complexity index is 311. The highest BCUT2D eigenvalue weighted by atomic mass is 15.2. The number of hydrogen-bond acceptors (Lipinski definition) is 2. The van der Waals surface area contributed by atoms with Crippen LogP contribution in [0.3, 0.4) is 0 Å². The molecule has 0 aromatic carbocycles. The van der Waals surface area contributed by atoms with Crippen molar-refractivity contribution in [1.82, 2.24) is 9.97 Å². The summed E-state index contributed by atoms with van der Waals surface area (Å²) in [6.07, 6.45) is 6.07. The molecule has 0 atom stereocenters. The fraction of sp³-hybridized carbons (Fsp3) is 0.750. The van der Waals surface area contributed by atoms with Gasteiger partial charge in [0.25, 0.3) is 0 Å². The van der Waals surface area contributed by atoms with Crippen LogP contribution in [0.2, 0.25) is 0 Å². The summed E-state index contributed by atoms with van der Waals surface area (Å²) in [5, 5.41) is 0. The normalized spacial score (nSPS) is 17.1. The highest BCUT2D eigenvalue weighted by Gasteiger charge is 2.17. The van der Waals surface area contributed by atoms with E-state index in [1.807, 2.05) is 0 Å². The molecule has 1 aromatic heterocycles. The molecule has 1 saturated heterocycles. The Hall–Kier alpha value is -0.990. The minimum absolute atomic E-state index is 1.00. The minimum atomic E-state index is 1.00. The summed E-state index contributed by atoms with van der Waals surface area (Å²) < 4.78 is 0. The number of imidazole rings is 1. The first-order chi connectivity index (χ1) is 7.35. The second kappa shape index (κ2) is 4.69. The lowest BCUT2D eigenvalue weighted by molar-refractivity contribution is 0.572. The maximum absolute atomic E-state index is 4.69. The van der Waals surface area contributed by atoms with Crippen LogP contribution in [0.1, 0.15) is 44.6 Å². The average molecular weight is 207 g/mol. The fourth-order valence-electron chi connectivity index (χ4n) is 2.23. The zero-order valence-electron chi connectivity index (χ0n) is 9.84. The summed E-state index contributed by atoms with van der Waals surface area (Å²) in [6, 6.07) is 0. The molecule has 0 amide bonds. The van der Waals surface area contributed by atoms with Crippen LogP contribution in [0.5, 0.6) is 0 Å². The molecule has 0 saturated carbocycles. The Morgan fingerprint density at radius 2 is 1.87 bits per heavy atom. The van der Waals surface area contributed by atoms with Gasteiger partial charge in [-0.25, -0.2) is 4.98 Å². The second-order valence-corrected chi connectivity index (χ2v) is 4.24. The number of nitrogens with zero attached hydrogens (tertiary/aromatic N) is 2. The van der Waals surface area contributed by atoms with Crippen LogP contribution in [0.4, 0.5) is 5.82 Å². The summed E-state index contributed by atoms with van der Waals surface area (Å²) in [5.41, 5.74) is 1.31. The summed E-state index contributed by atoms with van der Waals surface area (Å²) >= 11 is 0. The van der Waals surface area contributed by atoms with Crippen molar-refractivity contribution in [2.75, 3.05) is 18.0 Å². The van der Waals surface area contributed by atoms with E-state index < -0.39 is 0 Å². The fourth-order valence-corrected chi connectivity index (χ4v) is 2.23. The van der Waals surface area contributed by atoms with Crippen LogP contribution in [0.15, 0.2) is 0 Å². The van der Waals surface area contributed by atoms with Crippen molar-refractivity contribution in [2.24, 2.45) is 0 Å². The van der Waals surface area contributed by atoms with Crippen LogP contribution in [0, 0.1) is 0 Å². The number of H-pyrrole nitrogens is 1. The quantitative estimate of drug-likeness (QED) is 0.826. The third-order valence-electron chi connectivity index (χ3n) is 3.15. The molecule has 3 heteroatoms. The van der Waals surface area contributed by atoms with E-state index in [4.69, 9.17) is 4.98 Å². The molecule has 0 radical (unpaired) electrons. The molecule has 0 bridgehead atoms. The van der Waals surface area contributed by atoms with Gasteiger partial charge in [-0.2, -0.15) is 0 Å². The number of aryl methyl sites for hydroxylation is 2. The van der Waals surface area contributed by atoms with Crippen molar-refractivity contribution in [3.63, 3.8) is 0 Å². The van der Waals surface area contributed by atoms with Gasteiger partial charge in [0.15, 0.2) is 0 Å². The number of hydrogen-bond donors (Lipinski definition) is 1. The summed E-state index contributed by atoms with van der Waals surface area (Å²) in [6.45, 7) is 6.71. The number of rotatable bonds is 3. The van der Waals surface area contributed by atoms with E-state index in [1.54, 1.807) is 0 Å². The number of nitrogens with one attached hydrogen (secondary N) is 1. The molecule has 1 aliphatic heterocycles. The van der Waals surface area contributed by atoms with E-state index in [2.05, 4.69) is 23.7 Å². The Balaban J connectivity index is 2.20. The molecule has 1 N–H and O–H groups in total. The van der Waals surface area contributed by atoms with Crippen LogP contribution in [-0.4, -0.2) is 23.1 Å². The maximum Gasteiger partial charge on any atom is 0.150 e. The molecule has 1 aliphatic rings. The van der Waals surface area contributed by atoms with Gasteiger partial charge in [-0.3, -0.25) is 0 Å². The average Bonchev–Trinajstić information content (AvgIpc) is 2.73. The lowest BCUT2D eigenvalue weighted by Crippen LogP contribution is -2.30. The highest BCUT2D eigenvalue weighted by Crippen LogP contribution is 2.22. The molecular formula is C12H21N3. The van der Waals surface area contributed by atoms with Crippen LogP contribution >= 0.6 is 0 Å². The van der Waals surface area contributed by atoms with Crippen LogP contribution in [0.25, 0.3) is 0 Å². The zero-order chi connectivity index (χ0) is 10.7. The van der Waals surface area contributed by atoms with Gasteiger partial charge in [0.2, 0.25) is 0 Å². The summed E-state index contributed by atoms with van der Waals surface area (Å²) in [4.78, 5) is 10.6. The van der Waals surface area contributed by atoms with Gasteiger partial charge in [-0.1, -0.05) is 13.8 Å². The Morgan fingerprint density at radius 1 is 1.13 bits per heavy atom. The summed E-state index contributed by atoms with van der Waals surface area (Å²) in [7, 11) is 0. The molecule has 1 fully saturated rings. The first-order valence-electron chi connectivity index (χ1n) is 6.17. The lowest BCUT2D eigenvalue weighted by Gasteiger charge is -2.27. The number of anilines is 1. The predicted molar refractivity (Wildman–Crippen MR) is 63.4 cm³/mol. The predicted octanol–water partition coefficient (Wildman–Crippen LogP) is 2.52. The van der Waals surface area contributed by atoms with Gasteiger partial charge < -0.3 is 9.88 Å². The van der Waals surface area contributed by atoms with Crippen LogP contribution in [-0.2, 0) is 12.8 Å². The van der Waals surface area contributed by atoms with E-state index >= 15 is 0 Å².